The summed E-state index contributed by atoms with van der Waals surface area (Å²) >= 11 is 3.28. The summed E-state index contributed by atoms with van der Waals surface area (Å²) < 4.78 is 5.40. The van der Waals surface area contributed by atoms with Gasteiger partial charge in [-0.3, -0.25) is 9.59 Å². The highest BCUT2D eigenvalue weighted by molar-refractivity contribution is 7.98. The lowest BCUT2D eigenvalue weighted by Crippen LogP contribution is -2.48. The van der Waals surface area contributed by atoms with E-state index in [4.69, 9.17) is 4.74 Å². The van der Waals surface area contributed by atoms with Crippen LogP contribution in [0.4, 0.5) is 0 Å². The van der Waals surface area contributed by atoms with Crippen molar-refractivity contribution in [3.05, 3.63) is 45.9 Å². The minimum Gasteiger partial charge on any atom is -0.497 e. The molecule has 33 heavy (non-hydrogen) atoms. The molecule has 3 rings (SSSR count). The molecule has 1 aliphatic heterocycles. The number of likely N-dealkylation sites (tertiary alicyclic amines) is 1. The lowest BCUT2D eigenvalue weighted by Gasteiger charge is -2.40. The highest BCUT2D eigenvalue weighted by atomic mass is 32.2. The Morgan fingerprint density at radius 2 is 2.09 bits per heavy atom. The van der Waals surface area contributed by atoms with Gasteiger partial charge < -0.3 is 14.5 Å². The summed E-state index contributed by atoms with van der Waals surface area (Å²) in [5.74, 6) is 2.35. The fourth-order valence-electron chi connectivity index (χ4n) is 4.50. The molecule has 0 N–H and O–H groups in total. The van der Waals surface area contributed by atoms with Gasteiger partial charge in [0.15, 0.2) is 0 Å². The number of piperidine rings is 1. The number of methoxy groups -OCH3 is 1. The maximum atomic E-state index is 12.9. The van der Waals surface area contributed by atoms with Crippen molar-refractivity contribution >= 4 is 34.9 Å². The van der Waals surface area contributed by atoms with E-state index in [1.54, 1.807) is 30.2 Å². The summed E-state index contributed by atoms with van der Waals surface area (Å²) in [7, 11) is 3.62. The van der Waals surface area contributed by atoms with Gasteiger partial charge in [0.05, 0.1) is 24.2 Å². The molecular formula is C25H35N3O3S2. The predicted octanol–water partition coefficient (Wildman–Crippen LogP) is 4.06. The molecule has 0 saturated carbocycles. The molecule has 1 aromatic carbocycles. The molecule has 180 valence electrons. The number of ether oxygens (including phenoxy) is 1. The van der Waals surface area contributed by atoms with Gasteiger partial charge in [0, 0.05) is 43.7 Å². The molecule has 0 radical (unpaired) electrons. The van der Waals surface area contributed by atoms with E-state index in [2.05, 4.69) is 17.1 Å². The lowest BCUT2D eigenvalue weighted by molar-refractivity contribution is -0.135. The molecule has 0 unspecified atom stereocenters. The Labute approximate surface area is 205 Å². The van der Waals surface area contributed by atoms with Crippen LogP contribution in [0, 0.1) is 12.8 Å². The van der Waals surface area contributed by atoms with E-state index >= 15 is 0 Å². The minimum absolute atomic E-state index is 0.102. The summed E-state index contributed by atoms with van der Waals surface area (Å²) in [5, 5.41) is 2.96. The first-order valence-electron chi connectivity index (χ1n) is 11.5. The van der Waals surface area contributed by atoms with Crippen LogP contribution in [0.2, 0.25) is 0 Å². The first-order chi connectivity index (χ1) is 15.9. The van der Waals surface area contributed by atoms with Gasteiger partial charge in [-0.05, 0) is 56.1 Å². The second-order valence-corrected chi connectivity index (χ2v) is 10.7. The number of thioether (sulfide) groups is 1. The fraction of sp³-hybridized carbons (Fsp3) is 0.560. The molecule has 8 heteroatoms. The molecule has 2 aromatic rings. The highest BCUT2D eigenvalue weighted by Gasteiger charge is 2.32. The zero-order chi connectivity index (χ0) is 23.8. The third-order valence-corrected chi connectivity index (χ3v) is 7.86. The molecule has 1 saturated heterocycles. The Morgan fingerprint density at radius 3 is 2.73 bits per heavy atom. The van der Waals surface area contributed by atoms with E-state index in [9.17, 15) is 9.59 Å². The molecule has 0 aliphatic carbocycles. The maximum Gasteiger partial charge on any atom is 0.228 e. The fourth-order valence-corrected chi connectivity index (χ4v) is 5.49. The van der Waals surface area contributed by atoms with Gasteiger partial charge in [-0.1, -0.05) is 12.1 Å². The van der Waals surface area contributed by atoms with Crippen LogP contribution in [0.1, 0.15) is 35.5 Å². The Bertz CT molecular complexity index is 925. The number of thiazole rings is 1. The highest BCUT2D eigenvalue weighted by Crippen LogP contribution is 2.28. The topological polar surface area (TPSA) is 62.7 Å². The number of hydrogen-bond acceptors (Lipinski definition) is 6. The van der Waals surface area contributed by atoms with E-state index in [0.29, 0.717) is 18.8 Å². The van der Waals surface area contributed by atoms with Gasteiger partial charge in [0.1, 0.15) is 5.75 Å². The number of carbonyl (C=O) groups is 2. The summed E-state index contributed by atoms with van der Waals surface area (Å²) in [6, 6.07) is 8.21. The molecule has 0 bridgehead atoms. The van der Waals surface area contributed by atoms with E-state index in [1.807, 2.05) is 47.5 Å². The van der Waals surface area contributed by atoms with Gasteiger partial charge in [-0.2, -0.15) is 11.8 Å². The molecule has 1 fully saturated rings. The average molecular weight is 490 g/mol. The zero-order valence-electron chi connectivity index (χ0n) is 20.1. The summed E-state index contributed by atoms with van der Waals surface area (Å²) in [4.78, 5) is 34.0. The van der Waals surface area contributed by atoms with Gasteiger partial charge in [0.25, 0.3) is 0 Å². The summed E-state index contributed by atoms with van der Waals surface area (Å²) in [6.07, 6.45) is 5.54. The zero-order valence-corrected chi connectivity index (χ0v) is 21.7. The van der Waals surface area contributed by atoms with Crippen LogP contribution in [0.25, 0.3) is 0 Å². The van der Waals surface area contributed by atoms with Crippen molar-refractivity contribution in [1.29, 1.82) is 0 Å². The standard InChI is InChI=1S/C25H35N3O3S2/c1-18-26-21(17-33-18)16-25(30)28-11-8-20(9-12-28)23(27(2)24(29)10-13-32-4)15-19-6-5-7-22(14-19)31-3/h5-7,14,17,20,23H,8-13,15-16H2,1-4H3/t23-/m1/s1. The van der Waals surface area contributed by atoms with Crippen LogP contribution in [-0.2, 0) is 22.4 Å². The largest absolute Gasteiger partial charge is 0.497 e. The van der Waals surface area contributed by atoms with Crippen molar-refractivity contribution in [3.63, 3.8) is 0 Å². The van der Waals surface area contributed by atoms with Crippen molar-refractivity contribution in [1.82, 2.24) is 14.8 Å². The third kappa shape index (κ3) is 7.21. The number of likely N-dealkylation sites (N-methyl/N-ethyl adjacent to an activating group) is 1. The number of amides is 2. The Kier molecular flexibility index (Phi) is 9.62. The molecule has 1 aromatic heterocycles. The SMILES string of the molecule is COc1cccc(C[C@H](C2CCN(C(=O)Cc3csc(C)n3)CC2)N(C)C(=O)CCSC)c1. The average Bonchev–Trinajstić information content (AvgIpc) is 3.25. The number of benzene rings is 1. The van der Waals surface area contributed by atoms with Crippen LogP contribution >= 0.6 is 23.1 Å². The van der Waals surface area contributed by atoms with Crippen LogP contribution in [0.5, 0.6) is 5.75 Å². The normalized spacial score (nSPS) is 15.3. The number of hydrogen-bond donors (Lipinski definition) is 0. The number of nitrogens with zero attached hydrogens (tertiary/aromatic N) is 3. The number of aryl methyl sites for hydroxylation is 1. The summed E-state index contributed by atoms with van der Waals surface area (Å²) in [5.41, 5.74) is 2.03. The second-order valence-electron chi connectivity index (χ2n) is 8.62. The van der Waals surface area contributed by atoms with Crippen LogP contribution in [0.15, 0.2) is 29.6 Å². The van der Waals surface area contributed by atoms with E-state index in [1.165, 1.54) is 5.56 Å². The summed E-state index contributed by atoms with van der Waals surface area (Å²) in [6.45, 7) is 3.42. The predicted molar refractivity (Wildman–Crippen MR) is 136 cm³/mol. The number of carbonyl (C=O) groups excluding carboxylic acids is 2. The quantitative estimate of drug-likeness (QED) is 0.504. The molecule has 2 amide bonds. The lowest BCUT2D eigenvalue weighted by atomic mass is 9.84. The monoisotopic (exact) mass is 489 g/mol. The van der Waals surface area contributed by atoms with Gasteiger partial charge in [0.2, 0.25) is 11.8 Å². The van der Waals surface area contributed by atoms with E-state index in [0.717, 1.165) is 54.6 Å². The van der Waals surface area contributed by atoms with Crippen molar-refractivity contribution in [2.45, 2.75) is 45.1 Å². The van der Waals surface area contributed by atoms with Crippen molar-refractivity contribution in [2.75, 3.05) is 39.3 Å². The van der Waals surface area contributed by atoms with Gasteiger partial charge in [-0.25, -0.2) is 4.98 Å². The molecule has 1 aliphatic rings. The van der Waals surface area contributed by atoms with Crippen LogP contribution in [-0.4, -0.2) is 71.9 Å². The first-order valence-corrected chi connectivity index (χ1v) is 13.7. The molecular weight excluding hydrogens is 454 g/mol. The molecule has 2 heterocycles. The first kappa shape index (κ1) is 25.6. The Balaban J connectivity index is 1.66. The van der Waals surface area contributed by atoms with E-state index < -0.39 is 0 Å². The molecule has 1 atom stereocenters. The second kappa shape index (κ2) is 12.4. The minimum atomic E-state index is 0.102. The molecule has 6 nitrogen and oxygen atoms in total. The molecule has 0 spiro atoms. The third-order valence-electron chi connectivity index (χ3n) is 6.43. The number of rotatable bonds is 10. The van der Waals surface area contributed by atoms with Crippen molar-refractivity contribution < 1.29 is 14.3 Å². The Hall–Kier alpha value is -2.06. The van der Waals surface area contributed by atoms with E-state index in [-0.39, 0.29) is 17.9 Å². The maximum absolute atomic E-state index is 12.9. The van der Waals surface area contributed by atoms with Crippen LogP contribution < -0.4 is 4.74 Å². The van der Waals surface area contributed by atoms with Crippen molar-refractivity contribution in [2.24, 2.45) is 5.92 Å². The van der Waals surface area contributed by atoms with Crippen LogP contribution in [0.3, 0.4) is 0 Å². The van der Waals surface area contributed by atoms with Gasteiger partial charge >= 0.3 is 0 Å². The number of aromatic nitrogens is 1. The smallest absolute Gasteiger partial charge is 0.228 e. The van der Waals surface area contributed by atoms with Crippen molar-refractivity contribution in [3.8, 4) is 5.75 Å². The van der Waals surface area contributed by atoms with Gasteiger partial charge in [-0.15, -0.1) is 11.3 Å². The Morgan fingerprint density at radius 1 is 1.33 bits per heavy atom.